The normalized spacial score (nSPS) is 14.3. The molecule has 5 heteroatoms. The van der Waals surface area contributed by atoms with Gasteiger partial charge in [0.1, 0.15) is 11.5 Å². The average Bonchev–Trinajstić information content (AvgIpc) is 3.25. The molecule has 0 aromatic heterocycles. The fourth-order valence-electron chi connectivity index (χ4n) is 3.82. The van der Waals surface area contributed by atoms with E-state index in [9.17, 15) is 9.59 Å². The van der Waals surface area contributed by atoms with Gasteiger partial charge in [0, 0.05) is 22.7 Å². The second-order valence-corrected chi connectivity index (χ2v) is 7.24. The molecular formula is C25H19NO4. The third kappa shape index (κ3) is 2.95. The van der Waals surface area contributed by atoms with Crippen molar-refractivity contribution in [1.82, 2.24) is 0 Å². The van der Waals surface area contributed by atoms with Crippen LogP contribution in [0.25, 0.3) is 11.1 Å². The van der Waals surface area contributed by atoms with Crippen molar-refractivity contribution < 1.29 is 19.1 Å². The molecule has 3 aromatic rings. The summed E-state index contributed by atoms with van der Waals surface area (Å²) in [5.41, 5.74) is 3.48. The van der Waals surface area contributed by atoms with Crippen molar-refractivity contribution in [3.8, 4) is 11.5 Å². The Balaban J connectivity index is 1.65. The van der Waals surface area contributed by atoms with Gasteiger partial charge in [0.15, 0.2) is 0 Å². The Morgan fingerprint density at radius 1 is 0.733 bits per heavy atom. The maximum Gasteiger partial charge on any atom is 0.344 e. The van der Waals surface area contributed by atoms with Crippen LogP contribution in [0.5, 0.6) is 11.5 Å². The van der Waals surface area contributed by atoms with Crippen LogP contribution in [0.2, 0.25) is 0 Å². The second-order valence-electron chi connectivity index (χ2n) is 7.24. The minimum atomic E-state index is -0.407. The second kappa shape index (κ2) is 7.19. The SMILES string of the molecule is CCCNc1ccc(C2=c3cc4c(cc3OC2=O)=C(c2ccccc2)C(=O)O4)cc1. The van der Waals surface area contributed by atoms with Crippen LogP contribution in [0.3, 0.4) is 0 Å². The van der Waals surface area contributed by atoms with Crippen molar-refractivity contribution in [1.29, 1.82) is 0 Å². The molecule has 148 valence electrons. The first-order valence-corrected chi connectivity index (χ1v) is 9.92. The molecule has 3 aromatic carbocycles. The summed E-state index contributed by atoms with van der Waals surface area (Å²) in [6, 6.07) is 20.5. The molecule has 5 rings (SSSR count). The largest absolute Gasteiger partial charge is 0.422 e. The van der Waals surface area contributed by atoms with Crippen LogP contribution in [0, 0.1) is 0 Å². The quantitative estimate of drug-likeness (QED) is 0.530. The number of nitrogens with one attached hydrogen (secondary N) is 1. The lowest BCUT2D eigenvalue weighted by Crippen LogP contribution is -2.11. The van der Waals surface area contributed by atoms with E-state index < -0.39 is 11.9 Å². The van der Waals surface area contributed by atoms with E-state index in [0.717, 1.165) is 29.8 Å². The van der Waals surface area contributed by atoms with E-state index in [4.69, 9.17) is 9.47 Å². The van der Waals surface area contributed by atoms with Crippen LogP contribution < -0.4 is 25.2 Å². The minimum Gasteiger partial charge on any atom is -0.422 e. The highest BCUT2D eigenvalue weighted by atomic mass is 16.5. The Kier molecular flexibility index (Phi) is 4.36. The van der Waals surface area contributed by atoms with Gasteiger partial charge in [0.2, 0.25) is 0 Å². The molecule has 2 aliphatic heterocycles. The number of esters is 2. The van der Waals surface area contributed by atoms with Crippen LogP contribution in [0.15, 0.2) is 66.7 Å². The summed E-state index contributed by atoms with van der Waals surface area (Å²) in [4.78, 5) is 25.2. The molecule has 2 heterocycles. The Morgan fingerprint density at radius 2 is 1.27 bits per heavy atom. The van der Waals surface area contributed by atoms with E-state index in [1.54, 1.807) is 12.1 Å². The number of rotatable bonds is 5. The molecule has 0 atom stereocenters. The molecule has 30 heavy (non-hydrogen) atoms. The van der Waals surface area contributed by atoms with Crippen molar-refractivity contribution in [2.75, 3.05) is 11.9 Å². The molecule has 1 N–H and O–H groups in total. The van der Waals surface area contributed by atoms with Crippen LogP contribution in [-0.2, 0) is 9.59 Å². The van der Waals surface area contributed by atoms with Crippen LogP contribution in [0.1, 0.15) is 24.5 Å². The maximum atomic E-state index is 12.6. The van der Waals surface area contributed by atoms with Crippen molar-refractivity contribution in [2.24, 2.45) is 0 Å². The summed E-state index contributed by atoms with van der Waals surface area (Å²) >= 11 is 0. The third-order valence-electron chi connectivity index (χ3n) is 5.25. The zero-order chi connectivity index (χ0) is 20.7. The van der Waals surface area contributed by atoms with Gasteiger partial charge in [-0.05, 0) is 41.8 Å². The molecule has 0 unspecified atom stereocenters. The number of anilines is 1. The Hall–Kier alpha value is -3.86. The van der Waals surface area contributed by atoms with Gasteiger partial charge in [-0.25, -0.2) is 9.59 Å². The lowest BCUT2D eigenvalue weighted by molar-refractivity contribution is -0.128. The van der Waals surface area contributed by atoms with E-state index in [2.05, 4.69) is 12.2 Å². The summed E-state index contributed by atoms with van der Waals surface area (Å²) in [5, 5.41) is 4.59. The Labute approximate surface area is 173 Å². The van der Waals surface area contributed by atoms with E-state index in [-0.39, 0.29) is 0 Å². The summed E-state index contributed by atoms with van der Waals surface area (Å²) in [6.07, 6.45) is 1.03. The molecule has 0 aliphatic carbocycles. The molecule has 2 aliphatic rings. The zero-order valence-electron chi connectivity index (χ0n) is 16.4. The number of carbonyl (C=O) groups excluding carboxylic acids is 2. The number of fused-ring (bicyclic) bond motifs is 2. The van der Waals surface area contributed by atoms with Crippen molar-refractivity contribution in [3.63, 3.8) is 0 Å². The van der Waals surface area contributed by atoms with Crippen LogP contribution in [-0.4, -0.2) is 18.5 Å². The lowest BCUT2D eigenvalue weighted by Gasteiger charge is -2.06. The first kappa shape index (κ1) is 18.2. The van der Waals surface area contributed by atoms with E-state index in [1.807, 2.05) is 54.6 Å². The third-order valence-corrected chi connectivity index (χ3v) is 5.25. The number of ether oxygens (including phenoxy) is 2. The Morgan fingerprint density at radius 3 is 1.80 bits per heavy atom. The topological polar surface area (TPSA) is 64.6 Å². The number of benzene rings is 3. The molecule has 5 nitrogen and oxygen atoms in total. The van der Waals surface area contributed by atoms with E-state index in [0.29, 0.717) is 33.1 Å². The van der Waals surface area contributed by atoms with Gasteiger partial charge in [0.25, 0.3) is 0 Å². The van der Waals surface area contributed by atoms with E-state index >= 15 is 0 Å². The first-order valence-electron chi connectivity index (χ1n) is 9.92. The van der Waals surface area contributed by atoms with Gasteiger partial charge in [0.05, 0.1) is 11.1 Å². The summed E-state index contributed by atoms with van der Waals surface area (Å²) in [5.74, 6) is 0.0675. The van der Waals surface area contributed by atoms with Crippen LogP contribution >= 0.6 is 0 Å². The van der Waals surface area contributed by atoms with Gasteiger partial charge in [-0.2, -0.15) is 0 Å². The molecule has 0 saturated carbocycles. The monoisotopic (exact) mass is 397 g/mol. The van der Waals surface area contributed by atoms with Crippen molar-refractivity contribution in [2.45, 2.75) is 13.3 Å². The average molecular weight is 397 g/mol. The molecule has 0 radical (unpaired) electrons. The van der Waals surface area contributed by atoms with Gasteiger partial charge in [-0.1, -0.05) is 49.4 Å². The van der Waals surface area contributed by atoms with E-state index in [1.165, 1.54) is 0 Å². The molecule has 0 amide bonds. The van der Waals surface area contributed by atoms with Crippen molar-refractivity contribution in [3.05, 3.63) is 88.3 Å². The van der Waals surface area contributed by atoms with Gasteiger partial charge in [-0.3, -0.25) is 0 Å². The zero-order valence-corrected chi connectivity index (χ0v) is 16.4. The predicted octanol–water partition coefficient (Wildman–Crippen LogP) is 2.74. The summed E-state index contributed by atoms with van der Waals surface area (Å²) in [6.45, 7) is 2.99. The Bertz CT molecular complexity index is 1290. The smallest absolute Gasteiger partial charge is 0.344 e. The van der Waals surface area contributed by atoms with Gasteiger partial charge >= 0.3 is 11.9 Å². The summed E-state index contributed by atoms with van der Waals surface area (Å²) < 4.78 is 11.1. The maximum absolute atomic E-state index is 12.6. The fourth-order valence-corrected chi connectivity index (χ4v) is 3.82. The highest BCUT2D eigenvalue weighted by Gasteiger charge is 2.30. The summed E-state index contributed by atoms with van der Waals surface area (Å²) in [7, 11) is 0. The highest BCUT2D eigenvalue weighted by Crippen LogP contribution is 2.27. The van der Waals surface area contributed by atoms with Gasteiger partial charge < -0.3 is 14.8 Å². The molecule has 0 saturated heterocycles. The highest BCUT2D eigenvalue weighted by molar-refractivity contribution is 6.21. The van der Waals surface area contributed by atoms with Crippen molar-refractivity contribution >= 4 is 28.8 Å². The lowest BCUT2D eigenvalue weighted by atomic mass is 10.0. The number of hydrogen-bond donors (Lipinski definition) is 1. The number of hydrogen-bond acceptors (Lipinski definition) is 5. The predicted molar refractivity (Wildman–Crippen MR) is 114 cm³/mol. The fraction of sp³-hybridized carbons (Fsp3) is 0.120. The number of carbonyl (C=O) groups is 2. The minimum absolute atomic E-state index is 0.404. The first-order chi connectivity index (χ1) is 14.7. The molecule has 0 bridgehead atoms. The van der Waals surface area contributed by atoms with Crippen LogP contribution in [0.4, 0.5) is 5.69 Å². The standard InChI is InChI=1S/C25H19NO4/c1-2-12-26-17-10-8-16(9-11-17)23-19-14-20-18(13-21(19)30-25(23)28)22(24(27)29-20)15-6-4-3-5-7-15/h3-11,13-14,26H,2,12H2,1H3. The molecule has 0 spiro atoms. The molecular weight excluding hydrogens is 378 g/mol. The molecule has 0 fully saturated rings. The van der Waals surface area contributed by atoms with Gasteiger partial charge in [-0.15, -0.1) is 0 Å².